The van der Waals surface area contributed by atoms with Crippen LogP contribution >= 0.6 is 11.3 Å². The van der Waals surface area contributed by atoms with Gasteiger partial charge in [0.05, 0.1) is 11.0 Å². The van der Waals surface area contributed by atoms with E-state index in [1.807, 2.05) is 47.2 Å². The van der Waals surface area contributed by atoms with Gasteiger partial charge in [0, 0.05) is 7.05 Å². The van der Waals surface area contributed by atoms with E-state index >= 15 is 0 Å². The van der Waals surface area contributed by atoms with Crippen molar-refractivity contribution in [2.45, 2.75) is 0 Å². The second kappa shape index (κ2) is 4.82. The van der Waals surface area contributed by atoms with Crippen molar-refractivity contribution in [2.24, 2.45) is 7.05 Å². The number of aryl methyl sites for hydroxylation is 1. The summed E-state index contributed by atoms with van der Waals surface area (Å²) in [5.41, 5.74) is 3.15. The van der Waals surface area contributed by atoms with Crippen LogP contribution < -0.4 is 5.56 Å². The number of aromatic nitrogens is 2. The lowest BCUT2D eigenvalue weighted by molar-refractivity contribution is 0.887. The number of benzene rings is 1. The van der Waals surface area contributed by atoms with E-state index in [1.165, 1.54) is 0 Å². The first-order valence-electron chi connectivity index (χ1n) is 5.92. The Balaban J connectivity index is 2.14. The molecule has 19 heavy (non-hydrogen) atoms. The Labute approximate surface area is 114 Å². The van der Waals surface area contributed by atoms with E-state index in [2.05, 4.69) is 4.98 Å². The van der Waals surface area contributed by atoms with Gasteiger partial charge in [-0.3, -0.25) is 4.79 Å². The van der Waals surface area contributed by atoms with Crippen LogP contribution in [0.25, 0.3) is 23.2 Å². The second-order valence-corrected chi connectivity index (χ2v) is 5.02. The number of thiophene rings is 1. The van der Waals surface area contributed by atoms with Crippen LogP contribution in [-0.2, 0) is 7.05 Å². The Hall–Kier alpha value is -2.20. The minimum absolute atomic E-state index is 0.0785. The molecule has 0 saturated heterocycles. The summed E-state index contributed by atoms with van der Waals surface area (Å²) in [6, 6.07) is 9.65. The SMILES string of the molecule is Cn1c(=O)c(/C=C/c2ccsc2)nc2ccccc21. The topological polar surface area (TPSA) is 34.9 Å². The van der Waals surface area contributed by atoms with Gasteiger partial charge in [-0.05, 0) is 40.6 Å². The van der Waals surface area contributed by atoms with Gasteiger partial charge in [-0.2, -0.15) is 11.3 Å². The number of hydrogen-bond acceptors (Lipinski definition) is 3. The molecule has 4 heteroatoms. The predicted octanol–water partition coefficient (Wildman–Crippen LogP) is 3.17. The Kier molecular flexibility index (Phi) is 3.01. The molecule has 0 amide bonds. The Morgan fingerprint density at radius 1 is 1.21 bits per heavy atom. The Morgan fingerprint density at radius 3 is 2.84 bits per heavy atom. The zero-order valence-corrected chi connectivity index (χ0v) is 11.2. The van der Waals surface area contributed by atoms with Crippen LogP contribution in [0.3, 0.4) is 0 Å². The van der Waals surface area contributed by atoms with Gasteiger partial charge in [-0.1, -0.05) is 18.2 Å². The molecule has 0 N–H and O–H groups in total. The van der Waals surface area contributed by atoms with Gasteiger partial charge in [0.2, 0.25) is 0 Å². The number of hydrogen-bond donors (Lipinski definition) is 0. The first-order valence-corrected chi connectivity index (χ1v) is 6.86. The summed E-state index contributed by atoms with van der Waals surface area (Å²) >= 11 is 1.63. The first-order chi connectivity index (χ1) is 9.25. The molecule has 0 radical (unpaired) electrons. The molecule has 0 fully saturated rings. The maximum atomic E-state index is 12.2. The molecule has 2 heterocycles. The molecule has 3 aromatic rings. The fourth-order valence-electron chi connectivity index (χ4n) is 1.95. The van der Waals surface area contributed by atoms with Crippen molar-refractivity contribution in [3.8, 4) is 0 Å². The summed E-state index contributed by atoms with van der Waals surface area (Å²) in [5.74, 6) is 0. The lowest BCUT2D eigenvalue weighted by atomic mass is 10.2. The third-order valence-corrected chi connectivity index (χ3v) is 3.69. The summed E-state index contributed by atoms with van der Waals surface area (Å²) in [7, 11) is 1.77. The smallest absolute Gasteiger partial charge is 0.276 e. The van der Waals surface area contributed by atoms with Crippen molar-refractivity contribution in [1.29, 1.82) is 0 Å². The summed E-state index contributed by atoms with van der Waals surface area (Å²) in [6.07, 6.45) is 3.69. The van der Waals surface area contributed by atoms with E-state index in [-0.39, 0.29) is 5.56 Å². The Morgan fingerprint density at radius 2 is 2.05 bits per heavy atom. The number of para-hydroxylation sites is 2. The fourth-order valence-corrected chi connectivity index (χ4v) is 2.58. The van der Waals surface area contributed by atoms with Crippen LogP contribution in [0.15, 0.2) is 45.9 Å². The maximum Gasteiger partial charge on any atom is 0.276 e. The average Bonchev–Trinajstić information content (AvgIpc) is 2.94. The highest BCUT2D eigenvalue weighted by molar-refractivity contribution is 7.08. The maximum absolute atomic E-state index is 12.2. The minimum Gasteiger partial charge on any atom is -0.308 e. The van der Waals surface area contributed by atoms with Crippen molar-refractivity contribution in [1.82, 2.24) is 9.55 Å². The van der Waals surface area contributed by atoms with Crippen LogP contribution in [0.1, 0.15) is 11.3 Å². The van der Waals surface area contributed by atoms with Crippen LogP contribution in [-0.4, -0.2) is 9.55 Å². The molecule has 0 aliphatic heterocycles. The molecular formula is C15H12N2OS. The monoisotopic (exact) mass is 268 g/mol. The van der Waals surface area contributed by atoms with Gasteiger partial charge in [0.15, 0.2) is 0 Å². The lowest BCUT2D eigenvalue weighted by Gasteiger charge is -2.05. The number of fused-ring (bicyclic) bond motifs is 1. The molecule has 3 nitrogen and oxygen atoms in total. The Bertz CT molecular complexity index is 801. The summed E-state index contributed by atoms with van der Waals surface area (Å²) in [6.45, 7) is 0. The molecule has 0 atom stereocenters. The minimum atomic E-state index is -0.0785. The summed E-state index contributed by atoms with van der Waals surface area (Å²) < 4.78 is 1.63. The van der Waals surface area contributed by atoms with Gasteiger partial charge in [0.1, 0.15) is 5.69 Å². The highest BCUT2D eigenvalue weighted by Gasteiger charge is 2.05. The van der Waals surface area contributed by atoms with Gasteiger partial charge in [0.25, 0.3) is 5.56 Å². The molecule has 0 saturated carbocycles. The lowest BCUT2D eigenvalue weighted by Crippen LogP contribution is -2.21. The quantitative estimate of drug-likeness (QED) is 0.715. The largest absolute Gasteiger partial charge is 0.308 e. The van der Waals surface area contributed by atoms with Gasteiger partial charge in [-0.25, -0.2) is 4.98 Å². The van der Waals surface area contributed by atoms with Crippen LogP contribution in [0.5, 0.6) is 0 Å². The highest BCUT2D eigenvalue weighted by Crippen LogP contribution is 2.12. The summed E-state index contributed by atoms with van der Waals surface area (Å²) in [4.78, 5) is 16.6. The molecule has 94 valence electrons. The predicted molar refractivity (Wildman–Crippen MR) is 80.2 cm³/mol. The van der Waals surface area contributed by atoms with Crippen LogP contribution in [0.4, 0.5) is 0 Å². The number of nitrogens with zero attached hydrogens (tertiary/aromatic N) is 2. The molecule has 0 bridgehead atoms. The molecule has 1 aromatic carbocycles. The number of rotatable bonds is 2. The van der Waals surface area contributed by atoms with Crippen molar-refractivity contribution < 1.29 is 0 Å². The van der Waals surface area contributed by atoms with Crippen molar-refractivity contribution in [2.75, 3.05) is 0 Å². The molecular weight excluding hydrogens is 256 g/mol. The van der Waals surface area contributed by atoms with Crippen LogP contribution in [0.2, 0.25) is 0 Å². The molecule has 0 unspecified atom stereocenters. The van der Waals surface area contributed by atoms with E-state index in [0.717, 1.165) is 16.6 Å². The molecule has 0 spiro atoms. The fraction of sp³-hybridized carbons (Fsp3) is 0.0667. The third-order valence-electron chi connectivity index (χ3n) is 2.98. The van der Waals surface area contributed by atoms with Crippen molar-refractivity contribution >= 4 is 34.5 Å². The van der Waals surface area contributed by atoms with E-state index in [9.17, 15) is 4.79 Å². The van der Waals surface area contributed by atoms with E-state index in [0.29, 0.717) is 5.69 Å². The summed E-state index contributed by atoms with van der Waals surface area (Å²) in [5, 5.41) is 4.04. The van der Waals surface area contributed by atoms with E-state index < -0.39 is 0 Å². The standard InChI is InChI=1S/C15H12N2OS/c1-17-14-5-3-2-4-12(14)16-13(15(17)18)7-6-11-8-9-19-10-11/h2-10H,1H3/b7-6+. The van der Waals surface area contributed by atoms with E-state index in [4.69, 9.17) is 0 Å². The normalized spacial score (nSPS) is 11.4. The van der Waals surface area contributed by atoms with Gasteiger partial charge >= 0.3 is 0 Å². The van der Waals surface area contributed by atoms with Crippen LogP contribution in [0, 0.1) is 0 Å². The van der Waals surface area contributed by atoms with Crippen molar-refractivity contribution in [3.63, 3.8) is 0 Å². The molecule has 2 aromatic heterocycles. The van der Waals surface area contributed by atoms with Gasteiger partial charge < -0.3 is 4.57 Å². The van der Waals surface area contributed by atoms with Crippen molar-refractivity contribution in [3.05, 3.63) is 62.7 Å². The average molecular weight is 268 g/mol. The zero-order valence-electron chi connectivity index (χ0n) is 10.4. The third kappa shape index (κ3) is 2.22. The first kappa shape index (κ1) is 11.9. The molecule has 0 aliphatic rings. The second-order valence-electron chi connectivity index (χ2n) is 4.24. The van der Waals surface area contributed by atoms with Gasteiger partial charge in [-0.15, -0.1) is 0 Å². The van der Waals surface area contributed by atoms with E-state index in [1.54, 1.807) is 29.0 Å². The zero-order chi connectivity index (χ0) is 13.2. The highest BCUT2D eigenvalue weighted by atomic mass is 32.1. The molecule has 0 aliphatic carbocycles. The molecule has 3 rings (SSSR count).